The third kappa shape index (κ3) is 2.84. The van der Waals surface area contributed by atoms with Gasteiger partial charge in [0.1, 0.15) is 16.5 Å². The highest BCUT2D eigenvalue weighted by Gasteiger charge is 2.12. The maximum atomic E-state index is 13.0. The van der Waals surface area contributed by atoms with Gasteiger partial charge in [-0.05, 0) is 24.1 Å². The van der Waals surface area contributed by atoms with Crippen LogP contribution in [0.1, 0.15) is 12.2 Å². The molecule has 0 saturated heterocycles. The minimum atomic E-state index is -0.298. The molecule has 6 heteroatoms. The molecule has 1 aromatic carbocycles. The van der Waals surface area contributed by atoms with Crippen LogP contribution in [-0.2, 0) is 6.42 Å². The molecular weight excluding hydrogens is 311 g/mol. The second-order valence-corrected chi connectivity index (χ2v) is 5.88. The van der Waals surface area contributed by atoms with E-state index < -0.39 is 0 Å². The van der Waals surface area contributed by atoms with Gasteiger partial charge in [0.15, 0.2) is 0 Å². The largest absolute Gasteiger partial charge is 0.310 e. The first-order valence-electron chi connectivity index (χ1n) is 6.51. The van der Waals surface area contributed by atoms with Crippen molar-refractivity contribution in [2.24, 2.45) is 0 Å². The Morgan fingerprint density at radius 3 is 2.76 bits per heavy atom. The molecule has 0 aliphatic rings. The number of thiophene rings is 1. The van der Waals surface area contributed by atoms with E-state index in [2.05, 4.69) is 9.97 Å². The second kappa shape index (κ2) is 5.95. The van der Waals surface area contributed by atoms with Crippen molar-refractivity contribution in [3.8, 4) is 11.1 Å². The number of aromatic amines is 1. The lowest BCUT2D eigenvalue weighted by atomic mass is 10.1. The first-order chi connectivity index (χ1) is 10.2. The van der Waals surface area contributed by atoms with E-state index in [4.69, 9.17) is 11.6 Å². The molecule has 3 rings (SSSR count). The average Bonchev–Trinajstić information content (AvgIpc) is 2.90. The van der Waals surface area contributed by atoms with E-state index in [1.54, 1.807) is 12.1 Å². The van der Waals surface area contributed by atoms with Gasteiger partial charge in [-0.2, -0.15) is 0 Å². The molecule has 2 heterocycles. The first-order valence-corrected chi connectivity index (χ1v) is 7.93. The number of rotatable bonds is 4. The molecular formula is C15H12ClFN2OS. The van der Waals surface area contributed by atoms with Crippen LogP contribution in [0, 0.1) is 5.82 Å². The Kier molecular flexibility index (Phi) is 4.03. The molecule has 108 valence electrons. The Bertz CT molecular complexity index is 826. The van der Waals surface area contributed by atoms with Gasteiger partial charge in [0, 0.05) is 23.2 Å². The van der Waals surface area contributed by atoms with Crippen LogP contribution in [0.4, 0.5) is 4.39 Å². The zero-order chi connectivity index (χ0) is 14.8. The maximum Gasteiger partial charge on any atom is 0.260 e. The summed E-state index contributed by atoms with van der Waals surface area (Å²) in [5.41, 5.74) is 1.43. The number of H-pyrrole nitrogens is 1. The van der Waals surface area contributed by atoms with Crippen molar-refractivity contribution in [3.63, 3.8) is 0 Å². The Balaban J connectivity index is 2.10. The monoisotopic (exact) mass is 322 g/mol. The fourth-order valence-electron chi connectivity index (χ4n) is 2.19. The predicted molar refractivity (Wildman–Crippen MR) is 84.7 cm³/mol. The molecule has 0 aliphatic carbocycles. The standard InChI is InChI=1S/C15H12ClFN2OS/c16-7-1-2-12-18-14(20)13-11(8-21-15(13)19-12)9-3-5-10(17)6-4-9/h3-6,8H,1-2,7H2,(H,18,19,20). The molecule has 3 nitrogen and oxygen atoms in total. The molecule has 0 spiro atoms. The molecule has 0 fully saturated rings. The van der Waals surface area contributed by atoms with E-state index in [0.29, 0.717) is 28.3 Å². The van der Waals surface area contributed by atoms with Gasteiger partial charge in [0.25, 0.3) is 5.56 Å². The molecule has 21 heavy (non-hydrogen) atoms. The Labute approximate surface area is 129 Å². The number of aromatic nitrogens is 2. The normalized spacial score (nSPS) is 11.1. The van der Waals surface area contributed by atoms with Crippen molar-refractivity contribution in [1.29, 1.82) is 0 Å². The lowest BCUT2D eigenvalue weighted by Gasteiger charge is -2.01. The zero-order valence-electron chi connectivity index (χ0n) is 11.0. The lowest BCUT2D eigenvalue weighted by Crippen LogP contribution is -2.11. The number of alkyl halides is 1. The summed E-state index contributed by atoms with van der Waals surface area (Å²) < 4.78 is 13.0. The van der Waals surface area contributed by atoms with Gasteiger partial charge in [0.2, 0.25) is 0 Å². The van der Waals surface area contributed by atoms with Crippen LogP contribution in [-0.4, -0.2) is 15.8 Å². The van der Waals surface area contributed by atoms with Gasteiger partial charge in [-0.3, -0.25) is 4.79 Å². The molecule has 0 aliphatic heterocycles. The quantitative estimate of drug-likeness (QED) is 0.739. The predicted octanol–water partition coefficient (Wildman–Crippen LogP) is 3.96. The van der Waals surface area contributed by atoms with Crippen LogP contribution in [0.3, 0.4) is 0 Å². The van der Waals surface area contributed by atoms with Crippen LogP contribution in [0.25, 0.3) is 21.3 Å². The summed E-state index contributed by atoms with van der Waals surface area (Å²) in [6.45, 7) is 0. The molecule has 0 unspecified atom stereocenters. The van der Waals surface area contributed by atoms with Gasteiger partial charge in [-0.15, -0.1) is 22.9 Å². The molecule has 0 amide bonds. The molecule has 2 aromatic heterocycles. The number of nitrogens with zero attached hydrogens (tertiary/aromatic N) is 1. The molecule has 1 N–H and O–H groups in total. The molecule has 3 aromatic rings. The number of halogens is 2. The minimum absolute atomic E-state index is 0.162. The van der Waals surface area contributed by atoms with Crippen molar-refractivity contribution in [1.82, 2.24) is 9.97 Å². The Morgan fingerprint density at radius 2 is 2.05 bits per heavy atom. The summed E-state index contributed by atoms with van der Waals surface area (Å²) >= 11 is 7.08. The van der Waals surface area contributed by atoms with Crippen molar-refractivity contribution in [3.05, 3.63) is 51.6 Å². The summed E-state index contributed by atoms with van der Waals surface area (Å²) in [5.74, 6) is 0.891. The van der Waals surface area contributed by atoms with Gasteiger partial charge in [-0.1, -0.05) is 12.1 Å². The summed E-state index contributed by atoms with van der Waals surface area (Å²) in [5, 5.41) is 2.44. The summed E-state index contributed by atoms with van der Waals surface area (Å²) in [6, 6.07) is 6.10. The van der Waals surface area contributed by atoms with Gasteiger partial charge in [0.05, 0.1) is 5.39 Å². The fraction of sp³-hybridized carbons (Fsp3) is 0.200. The topological polar surface area (TPSA) is 45.8 Å². The highest BCUT2D eigenvalue weighted by Crippen LogP contribution is 2.30. The number of aryl methyl sites for hydroxylation is 1. The van der Waals surface area contributed by atoms with Crippen molar-refractivity contribution in [2.75, 3.05) is 5.88 Å². The number of hydrogen-bond donors (Lipinski definition) is 1. The molecule has 0 bridgehead atoms. The van der Waals surface area contributed by atoms with Crippen molar-refractivity contribution in [2.45, 2.75) is 12.8 Å². The van der Waals surface area contributed by atoms with Crippen molar-refractivity contribution >= 4 is 33.2 Å². The van der Waals surface area contributed by atoms with Gasteiger partial charge in [-0.25, -0.2) is 9.37 Å². The van der Waals surface area contributed by atoms with Gasteiger partial charge < -0.3 is 4.98 Å². The highest BCUT2D eigenvalue weighted by atomic mass is 35.5. The highest BCUT2D eigenvalue weighted by molar-refractivity contribution is 7.17. The van der Waals surface area contributed by atoms with Crippen LogP contribution in [0.5, 0.6) is 0 Å². The van der Waals surface area contributed by atoms with Crippen LogP contribution < -0.4 is 5.56 Å². The van der Waals surface area contributed by atoms with E-state index in [0.717, 1.165) is 17.5 Å². The van der Waals surface area contributed by atoms with Gasteiger partial charge >= 0.3 is 0 Å². The second-order valence-electron chi connectivity index (χ2n) is 4.64. The number of benzene rings is 1. The zero-order valence-corrected chi connectivity index (χ0v) is 12.6. The van der Waals surface area contributed by atoms with E-state index >= 15 is 0 Å². The number of nitrogens with one attached hydrogen (secondary N) is 1. The third-order valence-corrected chi connectivity index (χ3v) is 4.33. The fourth-order valence-corrected chi connectivity index (χ4v) is 3.29. The van der Waals surface area contributed by atoms with Crippen LogP contribution in [0.2, 0.25) is 0 Å². The minimum Gasteiger partial charge on any atom is -0.310 e. The lowest BCUT2D eigenvalue weighted by molar-refractivity contribution is 0.628. The summed E-state index contributed by atoms with van der Waals surface area (Å²) in [7, 11) is 0. The Hall–Kier alpha value is -1.72. The van der Waals surface area contributed by atoms with Crippen LogP contribution in [0.15, 0.2) is 34.4 Å². The first kappa shape index (κ1) is 14.2. The average molecular weight is 323 g/mol. The number of fused-ring (bicyclic) bond motifs is 1. The maximum absolute atomic E-state index is 13.0. The molecule has 0 radical (unpaired) electrons. The Morgan fingerprint density at radius 1 is 1.29 bits per heavy atom. The molecule has 0 saturated carbocycles. The van der Waals surface area contributed by atoms with E-state index in [1.165, 1.54) is 23.5 Å². The summed E-state index contributed by atoms with van der Waals surface area (Å²) in [6.07, 6.45) is 1.42. The third-order valence-electron chi connectivity index (χ3n) is 3.20. The number of hydrogen-bond acceptors (Lipinski definition) is 3. The van der Waals surface area contributed by atoms with E-state index in [9.17, 15) is 9.18 Å². The van der Waals surface area contributed by atoms with E-state index in [1.807, 2.05) is 5.38 Å². The van der Waals surface area contributed by atoms with E-state index in [-0.39, 0.29) is 11.4 Å². The van der Waals surface area contributed by atoms with Crippen LogP contribution >= 0.6 is 22.9 Å². The summed E-state index contributed by atoms with van der Waals surface area (Å²) in [4.78, 5) is 20.3. The SMILES string of the molecule is O=c1[nH]c(CCCCl)nc2scc(-c3ccc(F)cc3)c12. The molecule has 0 atom stereocenters. The smallest absolute Gasteiger partial charge is 0.260 e. The van der Waals surface area contributed by atoms with Crippen molar-refractivity contribution < 1.29 is 4.39 Å².